The van der Waals surface area contributed by atoms with Gasteiger partial charge in [0, 0.05) is 18.8 Å². The molecule has 1 saturated heterocycles. The molecule has 6 heteroatoms. The standard InChI is InChI=1S/C19H24N2O3S/c1-14-6-9-19(15(2)12-14)25(22,23)20-17-13-16(7-8-18(17)24-3)21-10-4-5-11-21/h6-9,12-13,20H,4-5,10-11H2,1-3H3. The van der Waals surface area contributed by atoms with E-state index in [0.717, 1.165) is 42.7 Å². The van der Waals surface area contributed by atoms with Crippen LogP contribution in [0.1, 0.15) is 24.0 Å². The van der Waals surface area contributed by atoms with Crippen molar-refractivity contribution in [1.29, 1.82) is 0 Å². The molecule has 5 nitrogen and oxygen atoms in total. The zero-order chi connectivity index (χ0) is 18.0. The fourth-order valence-corrected chi connectivity index (χ4v) is 4.54. The summed E-state index contributed by atoms with van der Waals surface area (Å²) in [4.78, 5) is 2.54. The van der Waals surface area contributed by atoms with E-state index in [2.05, 4.69) is 9.62 Å². The minimum Gasteiger partial charge on any atom is -0.495 e. The second-order valence-electron chi connectivity index (χ2n) is 6.45. The van der Waals surface area contributed by atoms with Gasteiger partial charge in [-0.15, -0.1) is 0 Å². The number of hydrogen-bond acceptors (Lipinski definition) is 4. The van der Waals surface area contributed by atoms with Crippen molar-refractivity contribution in [2.24, 2.45) is 0 Å². The van der Waals surface area contributed by atoms with E-state index in [4.69, 9.17) is 4.74 Å². The van der Waals surface area contributed by atoms with Gasteiger partial charge in [0.25, 0.3) is 10.0 Å². The van der Waals surface area contributed by atoms with Crippen LogP contribution in [0.5, 0.6) is 5.75 Å². The molecule has 25 heavy (non-hydrogen) atoms. The first-order valence-electron chi connectivity index (χ1n) is 8.44. The summed E-state index contributed by atoms with van der Waals surface area (Å²) < 4.78 is 33.8. The Hall–Kier alpha value is -2.21. The van der Waals surface area contributed by atoms with Crippen LogP contribution in [0.15, 0.2) is 41.3 Å². The number of nitrogens with zero attached hydrogens (tertiary/aromatic N) is 1. The third kappa shape index (κ3) is 3.74. The highest BCUT2D eigenvalue weighted by Crippen LogP contribution is 2.33. The van der Waals surface area contributed by atoms with Crippen molar-refractivity contribution in [1.82, 2.24) is 0 Å². The Kier molecular flexibility index (Phi) is 4.90. The Balaban J connectivity index is 1.96. The Bertz CT molecular complexity index is 872. The molecule has 1 N–H and O–H groups in total. The summed E-state index contributed by atoms with van der Waals surface area (Å²) in [6, 6.07) is 11.0. The number of methoxy groups -OCH3 is 1. The molecule has 0 amide bonds. The Morgan fingerprint density at radius 3 is 2.40 bits per heavy atom. The highest BCUT2D eigenvalue weighted by atomic mass is 32.2. The van der Waals surface area contributed by atoms with Gasteiger partial charge in [0.05, 0.1) is 17.7 Å². The van der Waals surface area contributed by atoms with Gasteiger partial charge in [-0.1, -0.05) is 17.7 Å². The summed E-state index contributed by atoms with van der Waals surface area (Å²) in [5.41, 5.74) is 3.23. The number of hydrogen-bond donors (Lipinski definition) is 1. The van der Waals surface area contributed by atoms with Gasteiger partial charge in [0.1, 0.15) is 5.75 Å². The van der Waals surface area contributed by atoms with Crippen LogP contribution in [0.4, 0.5) is 11.4 Å². The van der Waals surface area contributed by atoms with Crippen molar-refractivity contribution in [2.45, 2.75) is 31.6 Å². The van der Waals surface area contributed by atoms with Gasteiger partial charge in [-0.2, -0.15) is 0 Å². The Morgan fingerprint density at radius 1 is 1.04 bits per heavy atom. The zero-order valence-corrected chi connectivity index (χ0v) is 15.7. The topological polar surface area (TPSA) is 58.6 Å². The summed E-state index contributed by atoms with van der Waals surface area (Å²) in [7, 11) is -2.14. The van der Waals surface area contributed by atoms with Gasteiger partial charge in [0.2, 0.25) is 0 Å². The normalized spacial score (nSPS) is 14.6. The van der Waals surface area contributed by atoms with Crippen molar-refractivity contribution in [3.05, 3.63) is 47.5 Å². The second kappa shape index (κ2) is 6.96. The molecule has 0 bridgehead atoms. The monoisotopic (exact) mass is 360 g/mol. The molecule has 1 aliphatic rings. The van der Waals surface area contributed by atoms with Crippen molar-refractivity contribution in [2.75, 3.05) is 29.8 Å². The van der Waals surface area contributed by atoms with E-state index in [0.29, 0.717) is 11.4 Å². The fraction of sp³-hybridized carbons (Fsp3) is 0.368. The smallest absolute Gasteiger partial charge is 0.262 e. The lowest BCUT2D eigenvalue weighted by molar-refractivity contribution is 0.417. The summed E-state index contributed by atoms with van der Waals surface area (Å²) in [5.74, 6) is 0.510. The highest BCUT2D eigenvalue weighted by molar-refractivity contribution is 7.92. The number of ether oxygens (including phenoxy) is 1. The first-order chi connectivity index (χ1) is 11.9. The first kappa shape index (κ1) is 17.6. The second-order valence-corrected chi connectivity index (χ2v) is 8.10. The molecule has 1 fully saturated rings. The molecule has 0 aromatic heterocycles. The summed E-state index contributed by atoms with van der Waals surface area (Å²) >= 11 is 0. The average Bonchev–Trinajstić information content (AvgIpc) is 3.08. The highest BCUT2D eigenvalue weighted by Gasteiger charge is 2.20. The molecule has 2 aromatic carbocycles. The van der Waals surface area contributed by atoms with Crippen molar-refractivity contribution in [3.63, 3.8) is 0 Å². The maximum Gasteiger partial charge on any atom is 0.262 e. The molecule has 0 spiro atoms. The summed E-state index contributed by atoms with van der Waals surface area (Å²) in [5, 5.41) is 0. The molecule has 0 saturated carbocycles. The van der Waals surface area contributed by atoms with E-state index in [1.165, 1.54) is 0 Å². The van der Waals surface area contributed by atoms with Crippen LogP contribution >= 0.6 is 0 Å². The molecule has 134 valence electrons. The lowest BCUT2D eigenvalue weighted by Gasteiger charge is -2.20. The fourth-order valence-electron chi connectivity index (χ4n) is 3.25. The molecule has 1 aliphatic heterocycles. The maximum atomic E-state index is 12.9. The third-order valence-corrected chi connectivity index (χ3v) is 6.04. The minimum atomic E-state index is -3.68. The van der Waals surface area contributed by atoms with Crippen LogP contribution in [0.2, 0.25) is 0 Å². The predicted octanol–water partition coefficient (Wildman–Crippen LogP) is 3.71. The average molecular weight is 360 g/mol. The van der Waals surface area contributed by atoms with Gasteiger partial charge >= 0.3 is 0 Å². The number of aryl methyl sites for hydroxylation is 2. The quantitative estimate of drug-likeness (QED) is 0.883. The molecule has 1 heterocycles. The molecule has 0 radical (unpaired) electrons. The minimum absolute atomic E-state index is 0.284. The molecule has 3 rings (SSSR count). The molecular weight excluding hydrogens is 336 g/mol. The molecule has 0 unspecified atom stereocenters. The van der Waals surface area contributed by atoms with Gasteiger partial charge in [-0.3, -0.25) is 4.72 Å². The van der Waals surface area contributed by atoms with E-state index in [-0.39, 0.29) is 4.90 Å². The Labute approximate surface area is 149 Å². The van der Waals surface area contributed by atoms with Gasteiger partial charge < -0.3 is 9.64 Å². The number of rotatable bonds is 5. The molecule has 2 aromatic rings. The van der Waals surface area contributed by atoms with E-state index in [1.807, 2.05) is 31.2 Å². The van der Waals surface area contributed by atoms with E-state index in [1.54, 1.807) is 26.2 Å². The van der Waals surface area contributed by atoms with Crippen LogP contribution < -0.4 is 14.4 Å². The maximum absolute atomic E-state index is 12.9. The number of nitrogens with one attached hydrogen (secondary N) is 1. The largest absolute Gasteiger partial charge is 0.495 e. The Morgan fingerprint density at radius 2 is 1.76 bits per heavy atom. The third-order valence-electron chi connectivity index (χ3n) is 4.52. The van der Waals surface area contributed by atoms with Crippen LogP contribution in [-0.4, -0.2) is 28.6 Å². The number of sulfonamides is 1. The number of benzene rings is 2. The van der Waals surface area contributed by atoms with E-state index >= 15 is 0 Å². The summed E-state index contributed by atoms with van der Waals surface area (Å²) in [6.07, 6.45) is 2.32. The van der Waals surface area contributed by atoms with Gasteiger partial charge in [-0.05, 0) is 56.5 Å². The van der Waals surface area contributed by atoms with Crippen molar-refractivity contribution >= 4 is 21.4 Å². The van der Waals surface area contributed by atoms with E-state index in [9.17, 15) is 8.42 Å². The van der Waals surface area contributed by atoms with Crippen LogP contribution in [0, 0.1) is 13.8 Å². The first-order valence-corrected chi connectivity index (χ1v) is 9.92. The van der Waals surface area contributed by atoms with Crippen molar-refractivity contribution < 1.29 is 13.2 Å². The SMILES string of the molecule is COc1ccc(N2CCCC2)cc1NS(=O)(=O)c1ccc(C)cc1C. The summed E-state index contributed by atoms with van der Waals surface area (Å²) in [6.45, 7) is 5.74. The molecule has 0 aliphatic carbocycles. The molecule has 0 atom stereocenters. The molecular formula is C19H24N2O3S. The van der Waals surface area contributed by atoms with Crippen LogP contribution in [0.3, 0.4) is 0 Å². The van der Waals surface area contributed by atoms with Gasteiger partial charge in [0.15, 0.2) is 0 Å². The van der Waals surface area contributed by atoms with Gasteiger partial charge in [-0.25, -0.2) is 8.42 Å². The van der Waals surface area contributed by atoms with Crippen molar-refractivity contribution in [3.8, 4) is 5.75 Å². The lowest BCUT2D eigenvalue weighted by Crippen LogP contribution is -2.19. The lowest BCUT2D eigenvalue weighted by atomic mass is 10.2. The zero-order valence-electron chi connectivity index (χ0n) is 14.9. The predicted molar refractivity (Wildman–Crippen MR) is 101 cm³/mol. The number of anilines is 2. The van der Waals surface area contributed by atoms with Crippen LogP contribution in [0.25, 0.3) is 0 Å². The van der Waals surface area contributed by atoms with Crippen LogP contribution in [-0.2, 0) is 10.0 Å². The van der Waals surface area contributed by atoms with E-state index < -0.39 is 10.0 Å².